The number of benzene rings is 3. The van der Waals surface area contributed by atoms with Crippen molar-refractivity contribution < 1.29 is 9.47 Å². The SMILES string of the molecule is COc1ccc(-c2nc3ccccc3c(=O)n2CCOc2ccc(C)cc2Br)cc1. The average Bonchev–Trinajstić information content (AvgIpc) is 2.76. The van der Waals surface area contributed by atoms with Gasteiger partial charge in [-0.1, -0.05) is 18.2 Å². The highest BCUT2D eigenvalue weighted by Gasteiger charge is 2.13. The molecule has 30 heavy (non-hydrogen) atoms. The maximum Gasteiger partial charge on any atom is 0.261 e. The molecule has 0 N–H and O–H groups in total. The third-order valence-corrected chi connectivity index (χ3v) is 5.49. The highest BCUT2D eigenvalue weighted by Crippen LogP contribution is 2.26. The highest BCUT2D eigenvalue weighted by atomic mass is 79.9. The topological polar surface area (TPSA) is 53.3 Å². The maximum absolute atomic E-state index is 13.2. The highest BCUT2D eigenvalue weighted by molar-refractivity contribution is 9.10. The number of halogens is 1. The molecule has 3 aromatic carbocycles. The predicted molar refractivity (Wildman–Crippen MR) is 122 cm³/mol. The first-order valence-corrected chi connectivity index (χ1v) is 10.4. The van der Waals surface area contributed by atoms with E-state index in [4.69, 9.17) is 14.5 Å². The molecule has 0 bridgehead atoms. The molecule has 0 saturated carbocycles. The van der Waals surface area contributed by atoms with Crippen molar-refractivity contribution in [2.45, 2.75) is 13.5 Å². The molecule has 0 spiro atoms. The molecule has 5 nitrogen and oxygen atoms in total. The Morgan fingerprint density at radius 3 is 2.53 bits per heavy atom. The smallest absolute Gasteiger partial charge is 0.261 e. The van der Waals surface area contributed by atoms with Gasteiger partial charge in [-0.25, -0.2) is 4.98 Å². The first kappa shape index (κ1) is 20.2. The lowest BCUT2D eigenvalue weighted by Crippen LogP contribution is -2.26. The zero-order valence-electron chi connectivity index (χ0n) is 16.8. The van der Waals surface area contributed by atoms with Gasteiger partial charge in [0, 0.05) is 5.56 Å². The molecule has 152 valence electrons. The van der Waals surface area contributed by atoms with Crippen LogP contribution in [0.3, 0.4) is 0 Å². The summed E-state index contributed by atoms with van der Waals surface area (Å²) in [4.78, 5) is 18.0. The molecule has 0 saturated heterocycles. The van der Waals surface area contributed by atoms with E-state index >= 15 is 0 Å². The molecule has 4 rings (SSSR count). The zero-order chi connectivity index (χ0) is 21.1. The second-order valence-corrected chi connectivity index (χ2v) is 7.77. The van der Waals surface area contributed by atoms with E-state index < -0.39 is 0 Å². The number of nitrogens with zero attached hydrogens (tertiary/aromatic N) is 2. The first-order chi connectivity index (χ1) is 14.6. The quantitative estimate of drug-likeness (QED) is 0.392. The number of methoxy groups -OCH3 is 1. The van der Waals surface area contributed by atoms with E-state index in [1.54, 1.807) is 17.7 Å². The summed E-state index contributed by atoms with van der Waals surface area (Å²) < 4.78 is 13.7. The summed E-state index contributed by atoms with van der Waals surface area (Å²) in [6, 6.07) is 20.8. The van der Waals surface area contributed by atoms with Gasteiger partial charge in [0.15, 0.2) is 0 Å². The monoisotopic (exact) mass is 464 g/mol. The van der Waals surface area contributed by atoms with Crippen LogP contribution in [0.1, 0.15) is 5.56 Å². The molecular formula is C24H21BrN2O3. The van der Waals surface area contributed by atoms with Crippen LogP contribution >= 0.6 is 15.9 Å². The fourth-order valence-electron chi connectivity index (χ4n) is 3.31. The fraction of sp³-hybridized carbons (Fsp3) is 0.167. The van der Waals surface area contributed by atoms with Gasteiger partial charge in [0.2, 0.25) is 0 Å². The van der Waals surface area contributed by atoms with Crippen LogP contribution in [0.5, 0.6) is 11.5 Å². The molecule has 1 heterocycles. The Kier molecular flexibility index (Phi) is 5.86. The van der Waals surface area contributed by atoms with Crippen molar-refractivity contribution >= 4 is 26.8 Å². The predicted octanol–water partition coefficient (Wildman–Crippen LogP) is 5.22. The first-order valence-electron chi connectivity index (χ1n) is 9.60. The number of aryl methyl sites for hydroxylation is 1. The van der Waals surface area contributed by atoms with Gasteiger partial charge in [0.05, 0.1) is 29.0 Å². The zero-order valence-corrected chi connectivity index (χ0v) is 18.3. The van der Waals surface area contributed by atoms with Gasteiger partial charge < -0.3 is 9.47 Å². The van der Waals surface area contributed by atoms with Crippen molar-refractivity contribution in [3.05, 3.63) is 87.1 Å². The van der Waals surface area contributed by atoms with Crippen molar-refractivity contribution in [3.8, 4) is 22.9 Å². The van der Waals surface area contributed by atoms with Gasteiger partial charge in [-0.05, 0) is 76.9 Å². The summed E-state index contributed by atoms with van der Waals surface area (Å²) in [5.74, 6) is 2.10. The minimum Gasteiger partial charge on any atom is -0.497 e. The van der Waals surface area contributed by atoms with E-state index in [2.05, 4.69) is 15.9 Å². The molecule has 0 atom stereocenters. The van der Waals surface area contributed by atoms with Crippen LogP contribution in [-0.2, 0) is 6.54 Å². The number of rotatable bonds is 6. The molecule has 0 aliphatic rings. The van der Waals surface area contributed by atoms with Crippen molar-refractivity contribution in [3.63, 3.8) is 0 Å². The van der Waals surface area contributed by atoms with Crippen LogP contribution in [0.4, 0.5) is 0 Å². The molecule has 0 fully saturated rings. The average molecular weight is 465 g/mol. The van der Waals surface area contributed by atoms with E-state index in [1.807, 2.05) is 67.6 Å². The Morgan fingerprint density at radius 2 is 1.80 bits per heavy atom. The second-order valence-electron chi connectivity index (χ2n) is 6.92. The molecule has 0 unspecified atom stereocenters. The number of para-hydroxylation sites is 1. The van der Waals surface area contributed by atoms with E-state index in [1.165, 1.54) is 0 Å². The number of hydrogen-bond acceptors (Lipinski definition) is 4. The minimum atomic E-state index is -0.0852. The van der Waals surface area contributed by atoms with Crippen molar-refractivity contribution in [1.29, 1.82) is 0 Å². The van der Waals surface area contributed by atoms with E-state index in [0.29, 0.717) is 29.9 Å². The third-order valence-electron chi connectivity index (χ3n) is 4.87. The fourth-order valence-corrected chi connectivity index (χ4v) is 3.91. The van der Waals surface area contributed by atoms with Crippen molar-refractivity contribution in [2.75, 3.05) is 13.7 Å². The number of ether oxygens (including phenoxy) is 2. The Morgan fingerprint density at radius 1 is 1.03 bits per heavy atom. The molecular weight excluding hydrogens is 444 g/mol. The second kappa shape index (κ2) is 8.71. The van der Waals surface area contributed by atoms with Crippen LogP contribution in [0.2, 0.25) is 0 Å². The van der Waals surface area contributed by atoms with Crippen molar-refractivity contribution in [2.24, 2.45) is 0 Å². The van der Waals surface area contributed by atoms with Crippen LogP contribution in [0, 0.1) is 6.92 Å². The maximum atomic E-state index is 13.2. The number of fused-ring (bicyclic) bond motifs is 1. The molecule has 0 aliphatic heterocycles. The summed E-state index contributed by atoms with van der Waals surface area (Å²) in [6.45, 7) is 2.74. The molecule has 0 radical (unpaired) electrons. The van der Waals surface area contributed by atoms with E-state index in [9.17, 15) is 4.79 Å². The lowest BCUT2D eigenvalue weighted by Gasteiger charge is -2.15. The molecule has 0 amide bonds. The standard InChI is InChI=1S/C24H21BrN2O3/c1-16-7-12-22(20(25)15-16)30-14-13-27-23(17-8-10-18(29-2)11-9-17)26-21-6-4-3-5-19(21)24(27)28/h3-12,15H,13-14H2,1-2H3. The number of hydrogen-bond donors (Lipinski definition) is 0. The van der Waals surface area contributed by atoms with Gasteiger partial charge in [-0.3, -0.25) is 9.36 Å². The number of aromatic nitrogens is 2. The Labute approximate surface area is 183 Å². The Bertz CT molecular complexity index is 1250. The Balaban J connectivity index is 1.71. The normalized spacial score (nSPS) is 10.9. The Hall–Kier alpha value is -3.12. The lowest BCUT2D eigenvalue weighted by atomic mass is 10.1. The van der Waals surface area contributed by atoms with Crippen LogP contribution in [0.15, 0.2) is 76.0 Å². The molecule has 0 aliphatic carbocycles. The lowest BCUT2D eigenvalue weighted by molar-refractivity contribution is 0.295. The van der Waals surface area contributed by atoms with Gasteiger partial charge in [0.1, 0.15) is 23.9 Å². The summed E-state index contributed by atoms with van der Waals surface area (Å²) >= 11 is 3.53. The molecule has 1 aromatic heterocycles. The summed E-state index contributed by atoms with van der Waals surface area (Å²) in [6.07, 6.45) is 0. The van der Waals surface area contributed by atoms with Crippen molar-refractivity contribution in [1.82, 2.24) is 9.55 Å². The summed E-state index contributed by atoms with van der Waals surface area (Å²) in [5, 5.41) is 0.589. The van der Waals surface area contributed by atoms with Gasteiger partial charge in [-0.2, -0.15) is 0 Å². The van der Waals surface area contributed by atoms with Gasteiger partial charge in [-0.15, -0.1) is 0 Å². The van der Waals surface area contributed by atoms with E-state index in [-0.39, 0.29) is 5.56 Å². The van der Waals surface area contributed by atoms with Gasteiger partial charge >= 0.3 is 0 Å². The molecule has 4 aromatic rings. The summed E-state index contributed by atoms with van der Waals surface area (Å²) in [7, 11) is 1.62. The summed E-state index contributed by atoms with van der Waals surface area (Å²) in [5.41, 5.74) is 2.57. The van der Waals surface area contributed by atoms with Gasteiger partial charge in [0.25, 0.3) is 5.56 Å². The van der Waals surface area contributed by atoms with Crippen LogP contribution in [-0.4, -0.2) is 23.3 Å². The minimum absolute atomic E-state index is 0.0852. The third kappa shape index (κ3) is 4.09. The largest absolute Gasteiger partial charge is 0.497 e. The van der Waals surface area contributed by atoms with E-state index in [0.717, 1.165) is 27.1 Å². The molecule has 6 heteroatoms. The van der Waals surface area contributed by atoms with Crippen LogP contribution < -0.4 is 15.0 Å². The van der Waals surface area contributed by atoms with Crippen LogP contribution in [0.25, 0.3) is 22.3 Å².